The SMILES string of the molecule is COC(=O)c1c(Oc2cccc(Cl)c2)[nH]c2ccccc12. The highest BCUT2D eigenvalue weighted by Crippen LogP contribution is 2.32. The molecule has 0 atom stereocenters. The molecular weight excluding hydrogens is 290 g/mol. The molecule has 0 amide bonds. The standard InChI is InChI=1S/C16H12ClNO3/c1-20-16(19)14-12-7-2-3-8-13(12)18-15(14)21-11-6-4-5-10(17)9-11/h2-9,18H,1H3. The Morgan fingerprint density at radius 3 is 2.71 bits per heavy atom. The van der Waals surface area contributed by atoms with Crippen LogP contribution in [-0.4, -0.2) is 18.1 Å². The first kappa shape index (κ1) is 13.5. The molecule has 2 aromatic carbocycles. The highest BCUT2D eigenvalue weighted by atomic mass is 35.5. The molecule has 21 heavy (non-hydrogen) atoms. The normalized spacial score (nSPS) is 10.6. The Kier molecular flexibility index (Phi) is 3.54. The number of aromatic nitrogens is 1. The third-order valence-electron chi connectivity index (χ3n) is 3.08. The number of fused-ring (bicyclic) bond motifs is 1. The number of ether oxygens (including phenoxy) is 2. The van der Waals surface area contributed by atoms with Crippen LogP contribution < -0.4 is 4.74 Å². The van der Waals surface area contributed by atoms with Gasteiger partial charge in [0.2, 0.25) is 5.88 Å². The molecule has 0 spiro atoms. The predicted octanol–water partition coefficient (Wildman–Crippen LogP) is 4.40. The van der Waals surface area contributed by atoms with Crippen molar-refractivity contribution in [3.8, 4) is 11.6 Å². The number of nitrogens with one attached hydrogen (secondary N) is 1. The van der Waals surface area contributed by atoms with Crippen molar-refractivity contribution in [3.63, 3.8) is 0 Å². The number of hydrogen-bond acceptors (Lipinski definition) is 3. The monoisotopic (exact) mass is 301 g/mol. The minimum atomic E-state index is -0.454. The zero-order valence-electron chi connectivity index (χ0n) is 11.2. The van der Waals surface area contributed by atoms with Gasteiger partial charge in [0.1, 0.15) is 11.3 Å². The van der Waals surface area contributed by atoms with Crippen molar-refractivity contribution in [2.75, 3.05) is 7.11 Å². The van der Waals surface area contributed by atoms with Crippen LogP contribution in [0.15, 0.2) is 48.5 Å². The average Bonchev–Trinajstić information content (AvgIpc) is 2.84. The number of rotatable bonds is 3. The molecule has 1 heterocycles. The van der Waals surface area contributed by atoms with Gasteiger partial charge >= 0.3 is 5.97 Å². The van der Waals surface area contributed by atoms with Crippen molar-refractivity contribution >= 4 is 28.5 Å². The number of hydrogen-bond donors (Lipinski definition) is 1. The summed E-state index contributed by atoms with van der Waals surface area (Å²) >= 11 is 5.94. The Morgan fingerprint density at radius 2 is 1.95 bits per heavy atom. The summed E-state index contributed by atoms with van der Waals surface area (Å²) in [5, 5.41) is 1.31. The van der Waals surface area contributed by atoms with E-state index in [-0.39, 0.29) is 0 Å². The van der Waals surface area contributed by atoms with Gasteiger partial charge in [0.15, 0.2) is 0 Å². The van der Waals surface area contributed by atoms with Gasteiger partial charge in [-0.25, -0.2) is 4.79 Å². The molecule has 1 aromatic heterocycles. The van der Waals surface area contributed by atoms with Crippen LogP contribution in [0.4, 0.5) is 0 Å². The molecule has 1 N–H and O–H groups in total. The van der Waals surface area contributed by atoms with E-state index in [1.807, 2.05) is 24.3 Å². The van der Waals surface area contributed by atoms with Gasteiger partial charge in [0.05, 0.1) is 7.11 Å². The van der Waals surface area contributed by atoms with Crippen LogP contribution in [0.2, 0.25) is 5.02 Å². The molecule has 0 aliphatic rings. The first-order valence-electron chi connectivity index (χ1n) is 6.31. The van der Waals surface area contributed by atoms with Crippen molar-refractivity contribution in [1.29, 1.82) is 0 Å². The van der Waals surface area contributed by atoms with E-state index in [9.17, 15) is 4.79 Å². The van der Waals surface area contributed by atoms with Gasteiger partial charge in [0, 0.05) is 15.9 Å². The lowest BCUT2D eigenvalue weighted by Crippen LogP contribution is -2.02. The van der Waals surface area contributed by atoms with Crippen LogP contribution in [-0.2, 0) is 4.74 Å². The second-order valence-electron chi connectivity index (χ2n) is 4.43. The van der Waals surface area contributed by atoms with E-state index in [1.165, 1.54) is 7.11 Å². The van der Waals surface area contributed by atoms with E-state index < -0.39 is 5.97 Å². The van der Waals surface area contributed by atoms with Gasteiger partial charge in [-0.3, -0.25) is 0 Å². The molecule has 0 saturated heterocycles. The number of carbonyl (C=O) groups excluding carboxylic acids is 1. The third-order valence-corrected chi connectivity index (χ3v) is 3.31. The lowest BCUT2D eigenvalue weighted by molar-refractivity contribution is 0.0600. The fourth-order valence-electron chi connectivity index (χ4n) is 2.15. The Morgan fingerprint density at radius 1 is 1.14 bits per heavy atom. The Bertz CT molecular complexity index is 810. The predicted molar refractivity (Wildman–Crippen MR) is 81.2 cm³/mol. The molecule has 3 rings (SSSR count). The number of H-pyrrole nitrogens is 1. The Hall–Kier alpha value is -2.46. The molecule has 0 aliphatic carbocycles. The largest absolute Gasteiger partial charge is 0.465 e. The van der Waals surface area contributed by atoms with Crippen LogP contribution in [0.25, 0.3) is 10.9 Å². The van der Waals surface area contributed by atoms with Crippen molar-refractivity contribution in [3.05, 3.63) is 59.1 Å². The summed E-state index contributed by atoms with van der Waals surface area (Å²) in [7, 11) is 1.34. The van der Waals surface area contributed by atoms with E-state index in [0.717, 1.165) is 10.9 Å². The summed E-state index contributed by atoms with van der Waals surface area (Å²) in [5.74, 6) is 0.425. The van der Waals surface area contributed by atoms with Crippen molar-refractivity contribution in [2.45, 2.75) is 0 Å². The molecule has 0 unspecified atom stereocenters. The van der Waals surface area contributed by atoms with Gasteiger partial charge in [-0.1, -0.05) is 35.9 Å². The number of halogens is 1. The van der Waals surface area contributed by atoms with Crippen LogP contribution in [0.1, 0.15) is 10.4 Å². The molecular formula is C16H12ClNO3. The quantitative estimate of drug-likeness (QED) is 0.729. The molecule has 4 nitrogen and oxygen atoms in total. The van der Waals surface area contributed by atoms with Gasteiger partial charge < -0.3 is 14.5 Å². The number of para-hydroxylation sites is 1. The van der Waals surface area contributed by atoms with E-state index in [0.29, 0.717) is 22.2 Å². The lowest BCUT2D eigenvalue weighted by atomic mass is 10.2. The highest BCUT2D eigenvalue weighted by Gasteiger charge is 2.20. The van der Waals surface area contributed by atoms with Crippen LogP contribution in [0.3, 0.4) is 0 Å². The number of methoxy groups -OCH3 is 1. The summed E-state index contributed by atoms with van der Waals surface area (Å²) in [6.07, 6.45) is 0. The van der Waals surface area contributed by atoms with Crippen LogP contribution >= 0.6 is 11.6 Å². The van der Waals surface area contributed by atoms with Crippen LogP contribution in [0, 0.1) is 0 Å². The van der Waals surface area contributed by atoms with E-state index >= 15 is 0 Å². The van der Waals surface area contributed by atoms with Gasteiger partial charge in [0.25, 0.3) is 0 Å². The minimum absolute atomic E-state index is 0.338. The molecule has 0 saturated carbocycles. The summed E-state index contributed by atoms with van der Waals surface area (Å²) in [6, 6.07) is 14.4. The van der Waals surface area contributed by atoms with Gasteiger partial charge in [-0.15, -0.1) is 0 Å². The lowest BCUT2D eigenvalue weighted by Gasteiger charge is -2.06. The molecule has 3 aromatic rings. The van der Waals surface area contributed by atoms with Crippen molar-refractivity contribution in [1.82, 2.24) is 4.98 Å². The summed E-state index contributed by atoms with van der Waals surface area (Å²) in [5.41, 5.74) is 1.17. The molecule has 5 heteroatoms. The minimum Gasteiger partial charge on any atom is -0.465 e. The second kappa shape index (κ2) is 5.50. The number of benzene rings is 2. The number of esters is 1. The van der Waals surface area contributed by atoms with E-state index in [2.05, 4.69) is 4.98 Å². The van der Waals surface area contributed by atoms with Crippen molar-refractivity contribution < 1.29 is 14.3 Å². The molecule has 0 radical (unpaired) electrons. The fourth-order valence-corrected chi connectivity index (χ4v) is 2.33. The highest BCUT2D eigenvalue weighted by molar-refractivity contribution is 6.30. The van der Waals surface area contributed by atoms with E-state index in [1.54, 1.807) is 24.3 Å². The number of aromatic amines is 1. The van der Waals surface area contributed by atoms with Crippen molar-refractivity contribution in [2.24, 2.45) is 0 Å². The molecule has 0 aliphatic heterocycles. The Labute approximate surface area is 126 Å². The number of carbonyl (C=O) groups is 1. The summed E-state index contributed by atoms with van der Waals surface area (Å²) < 4.78 is 10.6. The zero-order chi connectivity index (χ0) is 14.8. The second-order valence-corrected chi connectivity index (χ2v) is 4.86. The topological polar surface area (TPSA) is 51.3 Å². The Balaban J connectivity index is 2.11. The maximum Gasteiger partial charge on any atom is 0.344 e. The third kappa shape index (κ3) is 2.58. The molecule has 0 bridgehead atoms. The van der Waals surface area contributed by atoms with Gasteiger partial charge in [-0.05, 0) is 24.3 Å². The summed E-state index contributed by atoms with van der Waals surface area (Å²) in [6.45, 7) is 0. The molecule has 0 fully saturated rings. The first-order chi connectivity index (χ1) is 10.2. The first-order valence-corrected chi connectivity index (χ1v) is 6.69. The van der Waals surface area contributed by atoms with E-state index in [4.69, 9.17) is 21.1 Å². The van der Waals surface area contributed by atoms with Crippen LogP contribution in [0.5, 0.6) is 11.6 Å². The maximum atomic E-state index is 12.0. The van der Waals surface area contributed by atoms with Gasteiger partial charge in [-0.2, -0.15) is 0 Å². The zero-order valence-corrected chi connectivity index (χ0v) is 12.0. The summed E-state index contributed by atoms with van der Waals surface area (Å²) in [4.78, 5) is 15.1. The average molecular weight is 302 g/mol. The smallest absolute Gasteiger partial charge is 0.344 e. The maximum absolute atomic E-state index is 12.0. The molecule has 106 valence electrons. The fraction of sp³-hybridized carbons (Fsp3) is 0.0625.